The van der Waals surface area contributed by atoms with E-state index in [1.807, 2.05) is 13.8 Å². The molecule has 13 heavy (non-hydrogen) atoms. The Labute approximate surface area is 78.5 Å². The van der Waals surface area contributed by atoms with Crippen LogP contribution in [0.2, 0.25) is 0 Å². The van der Waals surface area contributed by atoms with Gasteiger partial charge < -0.3 is 15.3 Å². The van der Waals surface area contributed by atoms with Gasteiger partial charge in [0.1, 0.15) is 0 Å². The van der Waals surface area contributed by atoms with E-state index in [9.17, 15) is 4.79 Å². The Morgan fingerprint density at radius 2 is 1.92 bits per heavy atom. The van der Waals surface area contributed by atoms with E-state index in [-0.39, 0.29) is 12.0 Å². The van der Waals surface area contributed by atoms with E-state index in [0.717, 1.165) is 6.08 Å². The standard InChI is InChI=1S/C6H14O2.C3H4O2/c1-5(8)6(2,3)4-7;1-2-3(4)5/h5,7-8H,4H2,1-3H3;2H,1H2,(H,4,5). The molecule has 0 aliphatic rings. The van der Waals surface area contributed by atoms with E-state index in [0.29, 0.717) is 0 Å². The summed E-state index contributed by atoms with van der Waals surface area (Å²) < 4.78 is 0. The van der Waals surface area contributed by atoms with Crippen molar-refractivity contribution in [3.63, 3.8) is 0 Å². The lowest BCUT2D eigenvalue weighted by molar-refractivity contribution is -0.131. The molecule has 0 heterocycles. The molecule has 4 nitrogen and oxygen atoms in total. The van der Waals surface area contributed by atoms with Crippen molar-refractivity contribution in [2.24, 2.45) is 5.41 Å². The molecule has 0 rings (SSSR count). The number of aliphatic hydroxyl groups is 2. The van der Waals surface area contributed by atoms with Gasteiger partial charge in [0.2, 0.25) is 0 Å². The van der Waals surface area contributed by atoms with Crippen LogP contribution in [0, 0.1) is 5.41 Å². The zero-order valence-electron chi connectivity index (χ0n) is 8.32. The molecule has 78 valence electrons. The third-order valence-electron chi connectivity index (χ3n) is 1.71. The topological polar surface area (TPSA) is 77.8 Å². The molecule has 0 saturated heterocycles. The molecule has 0 aromatic carbocycles. The molecule has 4 heteroatoms. The van der Waals surface area contributed by atoms with Crippen molar-refractivity contribution in [1.82, 2.24) is 0 Å². The summed E-state index contributed by atoms with van der Waals surface area (Å²) in [6.07, 6.45) is 0.396. The maximum Gasteiger partial charge on any atom is 0.327 e. The predicted molar refractivity (Wildman–Crippen MR) is 50.4 cm³/mol. The number of aliphatic carboxylic acids is 1. The summed E-state index contributed by atoms with van der Waals surface area (Å²) >= 11 is 0. The lowest BCUT2D eigenvalue weighted by Crippen LogP contribution is -2.29. The Kier molecular flexibility index (Phi) is 7.46. The highest BCUT2D eigenvalue weighted by molar-refractivity contribution is 5.78. The second-order valence-electron chi connectivity index (χ2n) is 3.37. The molecule has 0 radical (unpaired) electrons. The maximum atomic E-state index is 9.25. The van der Waals surface area contributed by atoms with Crippen LogP contribution in [0.25, 0.3) is 0 Å². The van der Waals surface area contributed by atoms with Crippen LogP contribution in [-0.2, 0) is 4.79 Å². The molecule has 0 saturated carbocycles. The van der Waals surface area contributed by atoms with Crippen LogP contribution in [0.15, 0.2) is 12.7 Å². The van der Waals surface area contributed by atoms with E-state index in [1.165, 1.54) is 0 Å². The number of carboxylic acid groups (broad SMARTS) is 1. The minimum Gasteiger partial charge on any atom is -0.478 e. The van der Waals surface area contributed by atoms with Gasteiger partial charge in [-0.05, 0) is 6.92 Å². The molecule has 0 spiro atoms. The summed E-state index contributed by atoms with van der Waals surface area (Å²) in [6, 6.07) is 0. The Morgan fingerprint density at radius 3 is 1.92 bits per heavy atom. The van der Waals surface area contributed by atoms with Gasteiger partial charge in [0.05, 0.1) is 12.7 Å². The summed E-state index contributed by atoms with van der Waals surface area (Å²) in [4.78, 5) is 9.25. The van der Waals surface area contributed by atoms with E-state index in [2.05, 4.69) is 6.58 Å². The van der Waals surface area contributed by atoms with Crippen LogP contribution in [0.3, 0.4) is 0 Å². The zero-order valence-corrected chi connectivity index (χ0v) is 8.32. The van der Waals surface area contributed by atoms with Crippen molar-refractivity contribution in [2.75, 3.05) is 6.61 Å². The Balaban J connectivity index is 0. The molecule has 0 bridgehead atoms. The van der Waals surface area contributed by atoms with Crippen molar-refractivity contribution in [3.8, 4) is 0 Å². The Hall–Kier alpha value is -0.870. The fourth-order valence-electron chi connectivity index (χ4n) is 0.132. The summed E-state index contributed by atoms with van der Waals surface area (Å²) in [7, 11) is 0. The SMILES string of the molecule is C=CC(=O)O.CC(O)C(C)(C)CO. The minimum atomic E-state index is -0.981. The second-order valence-corrected chi connectivity index (χ2v) is 3.37. The van der Waals surface area contributed by atoms with E-state index in [1.54, 1.807) is 6.92 Å². The summed E-state index contributed by atoms with van der Waals surface area (Å²) in [5.74, 6) is -0.981. The summed E-state index contributed by atoms with van der Waals surface area (Å²) in [6.45, 7) is 8.30. The average molecular weight is 190 g/mol. The molecule has 0 aliphatic heterocycles. The number of aliphatic hydroxyl groups excluding tert-OH is 2. The van der Waals surface area contributed by atoms with Crippen molar-refractivity contribution < 1.29 is 20.1 Å². The van der Waals surface area contributed by atoms with Crippen LogP contribution in [-0.4, -0.2) is 34.0 Å². The van der Waals surface area contributed by atoms with Gasteiger partial charge in [-0.15, -0.1) is 0 Å². The maximum absolute atomic E-state index is 9.25. The third-order valence-corrected chi connectivity index (χ3v) is 1.71. The first-order valence-electron chi connectivity index (χ1n) is 3.92. The highest BCUT2D eigenvalue weighted by atomic mass is 16.4. The molecule has 0 amide bonds. The molecule has 1 atom stereocenters. The van der Waals surface area contributed by atoms with Crippen molar-refractivity contribution >= 4 is 5.97 Å². The first-order valence-corrected chi connectivity index (χ1v) is 3.92. The minimum absolute atomic E-state index is 0.0324. The van der Waals surface area contributed by atoms with Crippen LogP contribution < -0.4 is 0 Å². The fraction of sp³-hybridized carbons (Fsp3) is 0.667. The number of carbonyl (C=O) groups is 1. The van der Waals surface area contributed by atoms with E-state index < -0.39 is 12.1 Å². The molecule has 1 unspecified atom stereocenters. The number of carboxylic acids is 1. The zero-order chi connectivity index (χ0) is 11.1. The summed E-state index contributed by atoms with van der Waals surface area (Å²) in [5.41, 5.74) is -0.347. The molecule has 0 aromatic rings. The number of hydrogen-bond acceptors (Lipinski definition) is 3. The number of rotatable bonds is 3. The predicted octanol–water partition coefficient (Wildman–Crippen LogP) is 0.643. The van der Waals surface area contributed by atoms with Crippen molar-refractivity contribution in [1.29, 1.82) is 0 Å². The molecule has 0 aromatic heterocycles. The van der Waals surface area contributed by atoms with Gasteiger partial charge in [0.15, 0.2) is 0 Å². The Morgan fingerprint density at radius 1 is 1.62 bits per heavy atom. The molecular formula is C9H18O4. The average Bonchev–Trinajstić information content (AvgIpc) is 2.05. The van der Waals surface area contributed by atoms with Crippen molar-refractivity contribution in [2.45, 2.75) is 26.9 Å². The first kappa shape index (κ1) is 14.6. The normalized spacial score (nSPS) is 12.4. The van der Waals surface area contributed by atoms with Crippen molar-refractivity contribution in [3.05, 3.63) is 12.7 Å². The highest BCUT2D eigenvalue weighted by Crippen LogP contribution is 2.17. The molecule has 0 fully saturated rings. The van der Waals surface area contributed by atoms with Crippen LogP contribution in [0.1, 0.15) is 20.8 Å². The molecular weight excluding hydrogens is 172 g/mol. The Bertz CT molecular complexity index is 161. The van der Waals surface area contributed by atoms with Crippen LogP contribution in [0.4, 0.5) is 0 Å². The molecule has 0 aliphatic carbocycles. The van der Waals surface area contributed by atoms with Gasteiger partial charge in [-0.3, -0.25) is 0 Å². The van der Waals surface area contributed by atoms with Gasteiger partial charge in [0.25, 0.3) is 0 Å². The smallest absolute Gasteiger partial charge is 0.327 e. The molecule has 3 N–H and O–H groups in total. The quantitative estimate of drug-likeness (QED) is 0.571. The van der Waals surface area contributed by atoms with E-state index >= 15 is 0 Å². The first-order chi connectivity index (χ1) is 5.77. The monoisotopic (exact) mass is 190 g/mol. The van der Waals surface area contributed by atoms with E-state index in [4.69, 9.17) is 15.3 Å². The van der Waals surface area contributed by atoms with Gasteiger partial charge in [0, 0.05) is 11.5 Å². The van der Waals surface area contributed by atoms with Gasteiger partial charge in [-0.1, -0.05) is 20.4 Å². The summed E-state index contributed by atoms with van der Waals surface area (Å²) in [5, 5.41) is 25.1. The largest absolute Gasteiger partial charge is 0.478 e. The lowest BCUT2D eigenvalue weighted by Gasteiger charge is -2.24. The second kappa shape index (κ2) is 6.62. The third kappa shape index (κ3) is 9.04. The van der Waals surface area contributed by atoms with Crippen LogP contribution >= 0.6 is 0 Å². The van der Waals surface area contributed by atoms with Crippen LogP contribution in [0.5, 0.6) is 0 Å². The van der Waals surface area contributed by atoms with Gasteiger partial charge >= 0.3 is 5.97 Å². The number of hydrogen-bond donors (Lipinski definition) is 3. The van der Waals surface area contributed by atoms with Gasteiger partial charge in [-0.2, -0.15) is 0 Å². The highest BCUT2D eigenvalue weighted by Gasteiger charge is 2.22. The van der Waals surface area contributed by atoms with Gasteiger partial charge in [-0.25, -0.2) is 4.79 Å². The lowest BCUT2D eigenvalue weighted by atomic mass is 9.89. The fourth-order valence-corrected chi connectivity index (χ4v) is 0.132.